The van der Waals surface area contributed by atoms with Gasteiger partial charge >= 0.3 is 0 Å². The maximum Gasteiger partial charge on any atom is 0.257 e. The fraction of sp³-hybridized carbons (Fsp3) is 0.300. The number of nitrogens with zero attached hydrogens (tertiary/aromatic N) is 2. The van der Waals surface area contributed by atoms with E-state index in [1.165, 1.54) is 18.2 Å². The van der Waals surface area contributed by atoms with Crippen molar-refractivity contribution in [2.24, 2.45) is 0 Å². The standard InChI is InChI=1S/C20H20F3N3O2/c21-15-9-14(10-16(22)11-15)12-26(13-19(27)25-7-5-24-6-8-25)20(28)17-3-1-2-4-18(17)23/h1-4,9-11,24H,5-8,12-13H2. The molecule has 0 radical (unpaired) electrons. The number of hydrogen-bond donors (Lipinski definition) is 1. The van der Waals surface area contributed by atoms with Gasteiger partial charge in [0, 0.05) is 38.8 Å². The zero-order valence-corrected chi connectivity index (χ0v) is 15.1. The number of benzene rings is 2. The van der Waals surface area contributed by atoms with Crippen molar-refractivity contribution >= 4 is 11.8 Å². The Balaban J connectivity index is 1.85. The molecule has 1 saturated heterocycles. The lowest BCUT2D eigenvalue weighted by Gasteiger charge is -2.30. The predicted octanol–water partition coefficient (Wildman–Crippen LogP) is 2.18. The number of carbonyl (C=O) groups excluding carboxylic acids is 2. The first-order chi connectivity index (χ1) is 13.4. The SMILES string of the molecule is O=C(CN(Cc1cc(F)cc(F)c1)C(=O)c1ccccc1F)N1CCNCC1. The third kappa shape index (κ3) is 4.89. The minimum absolute atomic E-state index is 0.176. The van der Waals surface area contributed by atoms with Crippen molar-refractivity contribution in [1.82, 2.24) is 15.1 Å². The van der Waals surface area contributed by atoms with Gasteiger partial charge in [0.1, 0.15) is 24.0 Å². The van der Waals surface area contributed by atoms with Crippen LogP contribution in [0.1, 0.15) is 15.9 Å². The Morgan fingerprint density at radius 3 is 2.29 bits per heavy atom. The molecule has 8 heteroatoms. The van der Waals surface area contributed by atoms with Crippen LogP contribution in [0.4, 0.5) is 13.2 Å². The topological polar surface area (TPSA) is 52.7 Å². The number of amides is 2. The first kappa shape index (κ1) is 19.9. The van der Waals surface area contributed by atoms with Crippen LogP contribution in [0, 0.1) is 17.5 Å². The fourth-order valence-electron chi connectivity index (χ4n) is 3.10. The van der Waals surface area contributed by atoms with Gasteiger partial charge in [-0.15, -0.1) is 0 Å². The fourth-order valence-corrected chi connectivity index (χ4v) is 3.10. The highest BCUT2D eigenvalue weighted by molar-refractivity contribution is 5.96. The summed E-state index contributed by atoms with van der Waals surface area (Å²) in [5.41, 5.74) is -0.0252. The molecule has 1 N–H and O–H groups in total. The molecule has 1 aliphatic heterocycles. The third-order valence-corrected chi connectivity index (χ3v) is 4.48. The zero-order valence-electron chi connectivity index (χ0n) is 15.1. The molecule has 2 aromatic rings. The molecular formula is C20H20F3N3O2. The molecule has 0 aliphatic carbocycles. The number of halogens is 3. The van der Waals surface area contributed by atoms with E-state index in [1.54, 1.807) is 4.90 Å². The van der Waals surface area contributed by atoms with E-state index in [0.29, 0.717) is 26.2 Å². The Labute approximate surface area is 160 Å². The number of nitrogens with one attached hydrogen (secondary N) is 1. The van der Waals surface area contributed by atoms with Gasteiger partial charge in [0.2, 0.25) is 5.91 Å². The van der Waals surface area contributed by atoms with Gasteiger partial charge in [-0.1, -0.05) is 12.1 Å². The molecule has 2 aromatic carbocycles. The van der Waals surface area contributed by atoms with E-state index in [1.807, 2.05) is 0 Å². The molecule has 0 spiro atoms. The summed E-state index contributed by atoms with van der Waals surface area (Å²) in [6.07, 6.45) is 0. The maximum atomic E-state index is 14.1. The molecule has 0 aromatic heterocycles. The molecular weight excluding hydrogens is 371 g/mol. The molecule has 2 amide bonds. The summed E-state index contributed by atoms with van der Waals surface area (Å²) in [6, 6.07) is 8.30. The lowest BCUT2D eigenvalue weighted by atomic mass is 10.1. The second kappa shape index (κ2) is 8.88. The summed E-state index contributed by atoms with van der Waals surface area (Å²) < 4.78 is 41.2. The summed E-state index contributed by atoms with van der Waals surface area (Å²) in [5.74, 6) is -3.32. The summed E-state index contributed by atoms with van der Waals surface area (Å²) in [5, 5.41) is 3.12. The zero-order chi connectivity index (χ0) is 20.1. The normalized spacial score (nSPS) is 14.0. The van der Waals surface area contributed by atoms with Crippen LogP contribution in [0.5, 0.6) is 0 Å². The quantitative estimate of drug-likeness (QED) is 0.850. The highest BCUT2D eigenvalue weighted by atomic mass is 19.1. The Morgan fingerprint density at radius 2 is 1.64 bits per heavy atom. The molecule has 1 heterocycles. The molecule has 5 nitrogen and oxygen atoms in total. The van der Waals surface area contributed by atoms with Crippen LogP contribution in [-0.4, -0.2) is 54.3 Å². The van der Waals surface area contributed by atoms with Crippen LogP contribution in [0.3, 0.4) is 0 Å². The van der Waals surface area contributed by atoms with Gasteiger partial charge in [0.15, 0.2) is 0 Å². The van der Waals surface area contributed by atoms with Crippen molar-refractivity contribution in [3.63, 3.8) is 0 Å². The van der Waals surface area contributed by atoms with Crippen LogP contribution in [0.15, 0.2) is 42.5 Å². The van der Waals surface area contributed by atoms with Crippen LogP contribution in [-0.2, 0) is 11.3 Å². The monoisotopic (exact) mass is 391 g/mol. The molecule has 1 fully saturated rings. The third-order valence-electron chi connectivity index (χ3n) is 4.48. The van der Waals surface area contributed by atoms with Gasteiger partial charge in [0.25, 0.3) is 5.91 Å². The first-order valence-electron chi connectivity index (χ1n) is 8.91. The van der Waals surface area contributed by atoms with Gasteiger partial charge in [-0.25, -0.2) is 13.2 Å². The maximum absolute atomic E-state index is 14.1. The van der Waals surface area contributed by atoms with Crippen molar-refractivity contribution < 1.29 is 22.8 Å². The van der Waals surface area contributed by atoms with Crippen molar-refractivity contribution in [2.75, 3.05) is 32.7 Å². The van der Waals surface area contributed by atoms with E-state index in [9.17, 15) is 22.8 Å². The van der Waals surface area contributed by atoms with E-state index < -0.39 is 23.4 Å². The molecule has 28 heavy (non-hydrogen) atoms. The number of hydrogen-bond acceptors (Lipinski definition) is 3. The van der Waals surface area contributed by atoms with Crippen molar-refractivity contribution in [3.05, 3.63) is 71.0 Å². The second-order valence-electron chi connectivity index (χ2n) is 6.55. The molecule has 3 rings (SSSR count). The second-order valence-corrected chi connectivity index (χ2v) is 6.55. The lowest BCUT2D eigenvalue weighted by molar-refractivity contribution is -0.132. The summed E-state index contributed by atoms with van der Waals surface area (Å²) in [6.45, 7) is 1.74. The van der Waals surface area contributed by atoms with Gasteiger partial charge in [-0.05, 0) is 29.8 Å². The number of rotatable bonds is 5. The molecule has 0 unspecified atom stereocenters. The Kier molecular flexibility index (Phi) is 6.30. The van der Waals surface area contributed by atoms with E-state index in [2.05, 4.69) is 5.32 Å². The van der Waals surface area contributed by atoms with Gasteiger partial charge in [-0.3, -0.25) is 9.59 Å². The Bertz CT molecular complexity index is 849. The molecule has 148 valence electrons. The molecule has 0 bridgehead atoms. The summed E-state index contributed by atoms with van der Waals surface area (Å²) in [7, 11) is 0. The van der Waals surface area contributed by atoms with Crippen LogP contribution < -0.4 is 5.32 Å². The van der Waals surface area contributed by atoms with Crippen molar-refractivity contribution in [3.8, 4) is 0 Å². The van der Waals surface area contributed by atoms with E-state index in [0.717, 1.165) is 29.2 Å². The van der Waals surface area contributed by atoms with Crippen LogP contribution in [0.2, 0.25) is 0 Å². The number of carbonyl (C=O) groups is 2. The van der Waals surface area contributed by atoms with Gasteiger partial charge in [0.05, 0.1) is 5.56 Å². The van der Waals surface area contributed by atoms with E-state index in [4.69, 9.17) is 0 Å². The number of piperazine rings is 1. The summed E-state index contributed by atoms with van der Waals surface area (Å²) in [4.78, 5) is 28.2. The Morgan fingerprint density at radius 1 is 1.00 bits per heavy atom. The average molecular weight is 391 g/mol. The molecule has 0 atom stereocenters. The van der Waals surface area contributed by atoms with Crippen LogP contribution >= 0.6 is 0 Å². The average Bonchev–Trinajstić information content (AvgIpc) is 2.67. The van der Waals surface area contributed by atoms with Crippen molar-refractivity contribution in [2.45, 2.75) is 6.54 Å². The van der Waals surface area contributed by atoms with Gasteiger partial charge in [-0.2, -0.15) is 0 Å². The van der Waals surface area contributed by atoms with Crippen LogP contribution in [0.25, 0.3) is 0 Å². The first-order valence-corrected chi connectivity index (χ1v) is 8.91. The van der Waals surface area contributed by atoms with E-state index >= 15 is 0 Å². The van der Waals surface area contributed by atoms with Gasteiger partial charge < -0.3 is 15.1 Å². The lowest BCUT2D eigenvalue weighted by Crippen LogP contribution is -2.50. The molecule has 0 saturated carbocycles. The summed E-state index contributed by atoms with van der Waals surface area (Å²) >= 11 is 0. The molecule has 1 aliphatic rings. The van der Waals surface area contributed by atoms with E-state index in [-0.39, 0.29) is 30.1 Å². The largest absolute Gasteiger partial charge is 0.339 e. The highest BCUT2D eigenvalue weighted by Crippen LogP contribution is 2.16. The van der Waals surface area contributed by atoms with Crippen molar-refractivity contribution in [1.29, 1.82) is 0 Å². The Hall–Kier alpha value is -2.87. The predicted molar refractivity (Wildman–Crippen MR) is 96.9 cm³/mol. The minimum Gasteiger partial charge on any atom is -0.339 e. The smallest absolute Gasteiger partial charge is 0.257 e. The highest BCUT2D eigenvalue weighted by Gasteiger charge is 2.25. The minimum atomic E-state index is -0.790.